The van der Waals surface area contributed by atoms with Crippen molar-refractivity contribution in [2.45, 2.75) is 0 Å². The molecule has 4 aromatic carbocycles. The Morgan fingerprint density at radius 2 is 0.596 bits per heavy atom. The summed E-state index contributed by atoms with van der Waals surface area (Å²) in [5.74, 6) is -0.531. The zero-order valence-electron chi connectivity index (χ0n) is 24.1. The van der Waals surface area contributed by atoms with Crippen LogP contribution in [0.4, 0.5) is 0 Å². The number of aliphatic imine (C=N–C) groups is 4. The van der Waals surface area contributed by atoms with E-state index in [0.29, 0.717) is 68.5 Å². The van der Waals surface area contributed by atoms with Crippen LogP contribution in [-0.4, -0.2) is 51.0 Å². The third-order valence-electron chi connectivity index (χ3n) is 5.53. The van der Waals surface area contributed by atoms with E-state index in [0.717, 1.165) is 0 Å². The molecule has 0 aliphatic heterocycles. The summed E-state index contributed by atoms with van der Waals surface area (Å²) in [6.07, 6.45) is 5.90. The Kier molecular flexibility index (Phi) is 21.8. The molecular formula is C32H24Cl4Fe2N4O5. The van der Waals surface area contributed by atoms with Gasteiger partial charge in [0.25, 0.3) is 0 Å². The molecular weight excluding hydrogens is 774 g/mol. The van der Waals surface area contributed by atoms with Crippen LogP contribution in [0.1, 0.15) is 22.3 Å². The second-order valence-electron chi connectivity index (χ2n) is 8.87. The van der Waals surface area contributed by atoms with Gasteiger partial charge in [-0.3, -0.25) is 20.0 Å². The fourth-order valence-electron chi connectivity index (χ4n) is 3.36. The average Bonchev–Trinajstić information content (AvgIpc) is 2.99. The molecule has 0 bridgehead atoms. The SMILES string of the molecule is [Fe+3].[Fe+3].[O-2].[O-]c1ccc(Cl)cc1C=NCCN=Cc1cc(Cl)ccc1[O-].[O-]c1ccc(Cl)cc1C=NCCN=Cc1cc(Cl)ccc1[O-]. The second-order valence-corrected chi connectivity index (χ2v) is 10.6. The Bertz CT molecular complexity index is 1450. The minimum absolute atomic E-state index is 0. The van der Waals surface area contributed by atoms with Crippen molar-refractivity contribution >= 4 is 71.3 Å². The number of nitrogens with zero attached hydrogens (tertiary/aromatic N) is 4. The fourth-order valence-corrected chi connectivity index (χ4v) is 4.09. The topological polar surface area (TPSA) is 170 Å². The summed E-state index contributed by atoms with van der Waals surface area (Å²) in [6.45, 7) is 1.60. The van der Waals surface area contributed by atoms with Crippen molar-refractivity contribution in [1.29, 1.82) is 0 Å². The van der Waals surface area contributed by atoms with E-state index < -0.39 is 0 Å². The van der Waals surface area contributed by atoms with Crippen molar-refractivity contribution in [3.05, 3.63) is 115 Å². The van der Waals surface area contributed by atoms with Crippen LogP contribution in [0.15, 0.2) is 92.8 Å². The van der Waals surface area contributed by atoms with Crippen LogP contribution >= 0.6 is 46.4 Å². The third kappa shape index (κ3) is 16.0. The maximum absolute atomic E-state index is 11.5. The molecule has 246 valence electrons. The van der Waals surface area contributed by atoms with Crippen LogP contribution in [0.2, 0.25) is 20.1 Å². The van der Waals surface area contributed by atoms with Gasteiger partial charge in [-0.15, -0.1) is 0 Å². The van der Waals surface area contributed by atoms with Crippen molar-refractivity contribution in [1.82, 2.24) is 0 Å². The summed E-state index contributed by atoms with van der Waals surface area (Å²) >= 11 is 23.2. The minimum Gasteiger partial charge on any atom is -2.00 e. The van der Waals surface area contributed by atoms with E-state index in [9.17, 15) is 20.4 Å². The third-order valence-corrected chi connectivity index (χ3v) is 6.47. The molecule has 0 saturated carbocycles. The molecule has 0 unspecified atom stereocenters. The Balaban J connectivity index is 0.000000846. The van der Waals surface area contributed by atoms with Gasteiger partial charge in [0.15, 0.2) is 0 Å². The van der Waals surface area contributed by atoms with Crippen molar-refractivity contribution < 1.29 is 60.0 Å². The number of benzene rings is 4. The molecule has 47 heavy (non-hydrogen) atoms. The van der Waals surface area contributed by atoms with E-state index in [1.807, 2.05) is 0 Å². The van der Waals surface area contributed by atoms with Gasteiger partial charge in [0, 0.05) is 44.9 Å². The van der Waals surface area contributed by atoms with Crippen LogP contribution < -0.4 is 20.4 Å². The predicted octanol–water partition coefficient (Wildman–Crippen LogP) is 5.23. The number of hydrogen-bond acceptors (Lipinski definition) is 8. The van der Waals surface area contributed by atoms with Crippen LogP contribution in [0.25, 0.3) is 0 Å². The fraction of sp³-hybridized carbons (Fsp3) is 0.125. The summed E-state index contributed by atoms with van der Waals surface area (Å²) in [4.78, 5) is 16.5. The molecule has 2 radical (unpaired) electrons. The van der Waals surface area contributed by atoms with Crippen LogP contribution in [-0.2, 0) is 39.6 Å². The summed E-state index contributed by atoms with van der Waals surface area (Å²) in [5.41, 5.74) is 1.75. The van der Waals surface area contributed by atoms with Gasteiger partial charge in [0.05, 0.1) is 26.2 Å². The van der Waals surface area contributed by atoms with Crippen molar-refractivity contribution in [2.75, 3.05) is 26.2 Å². The monoisotopic (exact) mass is 796 g/mol. The molecule has 0 atom stereocenters. The first-order chi connectivity index (χ1) is 21.1. The molecule has 4 rings (SSSR count). The van der Waals surface area contributed by atoms with Crippen molar-refractivity contribution in [2.24, 2.45) is 20.0 Å². The first-order valence-electron chi connectivity index (χ1n) is 13.0. The standard InChI is InChI=1S/2C16H14Cl2N2O2.2Fe.O/c2*17-13-1-3-15(21)11(7-13)9-19-5-6-20-10-12-8-14(18)2-4-16(12)22;;;/h2*1-4,7-10,21-22H,5-6H2;;;/q;;2*+3;-2/p-4. The van der Waals surface area contributed by atoms with E-state index in [1.165, 1.54) is 73.4 Å². The van der Waals surface area contributed by atoms with Gasteiger partial charge >= 0.3 is 34.1 Å². The molecule has 4 aromatic rings. The smallest absolute Gasteiger partial charge is 2.00 e. The number of rotatable bonds is 10. The van der Waals surface area contributed by atoms with Crippen molar-refractivity contribution in [3.8, 4) is 23.0 Å². The van der Waals surface area contributed by atoms with Gasteiger partial charge in [-0.2, -0.15) is 0 Å². The molecule has 0 aliphatic rings. The van der Waals surface area contributed by atoms with Gasteiger partial charge in [-0.05, 0) is 70.8 Å². The van der Waals surface area contributed by atoms with Gasteiger partial charge in [-0.25, -0.2) is 0 Å². The number of halogens is 4. The molecule has 0 aliphatic carbocycles. The molecule has 0 spiro atoms. The first-order valence-corrected chi connectivity index (χ1v) is 14.5. The van der Waals surface area contributed by atoms with E-state index in [4.69, 9.17) is 46.4 Å². The summed E-state index contributed by atoms with van der Waals surface area (Å²) in [7, 11) is 0. The van der Waals surface area contributed by atoms with Crippen LogP contribution in [0.3, 0.4) is 0 Å². The predicted molar refractivity (Wildman–Crippen MR) is 174 cm³/mol. The molecule has 0 aromatic heterocycles. The average molecular weight is 798 g/mol. The molecule has 0 N–H and O–H groups in total. The Morgan fingerprint density at radius 1 is 0.404 bits per heavy atom. The largest absolute Gasteiger partial charge is 3.00 e. The Hall–Kier alpha value is -3.08. The van der Waals surface area contributed by atoms with Crippen LogP contribution in [0.5, 0.6) is 23.0 Å². The van der Waals surface area contributed by atoms with Crippen LogP contribution in [0, 0.1) is 0 Å². The van der Waals surface area contributed by atoms with Gasteiger partial charge in [0.1, 0.15) is 0 Å². The molecule has 0 heterocycles. The van der Waals surface area contributed by atoms with E-state index in [-0.39, 0.29) is 62.6 Å². The first kappa shape index (κ1) is 43.9. The Morgan fingerprint density at radius 3 is 0.787 bits per heavy atom. The maximum Gasteiger partial charge on any atom is 3.00 e. The summed E-state index contributed by atoms with van der Waals surface area (Å²) in [6, 6.07) is 18.0. The molecule has 0 amide bonds. The molecule has 9 nitrogen and oxygen atoms in total. The quantitative estimate of drug-likeness (QED) is 0.122. The number of hydrogen-bond donors (Lipinski definition) is 0. The van der Waals surface area contributed by atoms with Crippen molar-refractivity contribution in [3.63, 3.8) is 0 Å². The zero-order valence-corrected chi connectivity index (χ0v) is 29.3. The van der Waals surface area contributed by atoms with E-state index in [2.05, 4.69) is 20.0 Å². The Labute approximate surface area is 313 Å². The molecule has 0 saturated heterocycles. The normalized spacial score (nSPS) is 10.8. The molecule has 0 fully saturated rings. The summed E-state index contributed by atoms with van der Waals surface area (Å²) in [5, 5.41) is 48.0. The second kappa shape index (κ2) is 23.3. The zero-order chi connectivity index (χ0) is 31.9. The van der Waals surface area contributed by atoms with Gasteiger partial charge < -0.3 is 25.9 Å². The van der Waals surface area contributed by atoms with Gasteiger partial charge in [-0.1, -0.05) is 93.7 Å². The van der Waals surface area contributed by atoms with E-state index >= 15 is 0 Å². The summed E-state index contributed by atoms with van der Waals surface area (Å²) < 4.78 is 0. The minimum atomic E-state index is -0.133. The van der Waals surface area contributed by atoms with Gasteiger partial charge in [0.2, 0.25) is 0 Å². The maximum atomic E-state index is 11.5. The van der Waals surface area contributed by atoms with E-state index in [1.54, 1.807) is 24.3 Å². The molecule has 15 heteroatoms.